The van der Waals surface area contributed by atoms with Crippen LogP contribution in [-0.2, 0) is 22.4 Å². The third-order valence-corrected chi connectivity index (χ3v) is 5.66. The number of carbonyl (C=O) groups is 3. The number of aliphatic carboxylic acids is 2. The van der Waals surface area contributed by atoms with Gasteiger partial charge in [0.15, 0.2) is 0 Å². The summed E-state index contributed by atoms with van der Waals surface area (Å²) in [6, 6.07) is 36.3. The zero-order valence-corrected chi connectivity index (χ0v) is 23.7. The zero-order chi connectivity index (χ0) is 31.0. The van der Waals surface area contributed by atoms with Gasteiger partial charge in [0, 0.05) is 5.56 Å². The van der Waals surface area contributed by atoms with Gasteiger partial charge in [0.2, 0.25) is 0 Å². The van der Waals surface area contributed by atoms with Crippen LogP contribution in [0.4, 0.5) is 0 Å². The minimum atomic E-state index is -0.955. The average Bonchev–Trinajstić information content (AvgIpc) is 3.02. The fourth-order valence-electron chi connectivity index (χ4n) is 3.43. The Balaban J connectivity index is 0.000000286. The third-order valence-electron chi connectivity index (χ3n) is 5.66. The number of carbonyl (C=O) groups excluding carboxylic acids is 1. The molecular formula is C34H41N3O5. The van der Waals surface area contributed by atoms with Crippen LogP contribution in [0.3, 0.4) is 0 Å². The zero-order valence-electron chi connectivity index (χ0n) is 23.7. The molecule has 8 nitrogen and oxygen atoms in total. The predicted octanol–water partition coefficient (Wildman–Crippen LogP) is 4.80. The Morgan fingerprint density at radius 3 is 1.57 bits per heavy atom. The van der Waals surface area contributed by atoms with Gasteiger partial charge in [-0.05, 0) is 54.6 Å². The topological polar surface area (TPSA) is 170 Å². The molecule has 0 fully saturated rings. The van der Waals surface area contributed by atoms with Crippen molar-refractivity contribution < 1.29 is 24.6 Å². The summed E-state index contributed by atoms with van der Waals surface area (Å²) in [6.45, 7) is 1.24. The first-order chi connectivity index (χ1) is 20.3. The van der Waals surface area contributed by atoms with Crippen LogP contribution in [0.15, 0.2) is 115 Å². The minimum Gasteiger partial charge on any atom is -0.481 e. The molecule has 0 aliphatic heterocycles. The van der Waals surface area contributed by atoms with Gasteiger partial charge in [-0.2, -0.15) is 0 Å². The van der Waals surface area contributed by atoms with E-state index < -0.39 is 18.0 Å². The number of nitrogens with two attached hydrogens (primary N) is 3. The van der Waals surface area contributed by atoms with Gasteiger partial charge in [-0.3, -0.25) is 14.4 Å². The summed E-state index contributed by atoms with van der Waals surface area (Å²) >= 11 is 0. The van der Waals surface area contributed by atoms with Crippen molar-refractivity contribution in [3.05, 3.63) is 132 Å². The van der Waals surface area contributed by atoms with Crippen LogP contribution in [0.1, 0.15) is 34.3 Å². The first-order valence-corrected chi connectivity index (χ1v) is 13.6. The maximum Gasteiger partial charge on any atom is 0.320 e. The molecule has 222 valence electrons. The summed E-state index contributed by atoms with van der Waals surface area (Å²) in [5.41, 5.74) is 20.8. The van der Waals surface area contributed by atoms with Crippen molar-refractivity contribution in [2.45, 2.75) is 31.7 Å². The Kier molecular flexibility index (Phi) is 18.6. The van der Waals surface area contributed by atoms with Crippen molar-refractivity contribution in [3.8, 4) is 11.1 Å². The lowest BCUT2D eigenvalue weighted by Crippen LogP contribution is -2.30. The van der Waals surface area contributed by atoms with Gasteiger partial charge in [0.1, 0.15) is 12.3 Å². The summed E-state index contributed by atoms with van der Waals surface area (Å²) in [6.07, 6.45) is 3.09. The molecule has 42 heavy (non-hydrogen) atoms. The van der Waals surface area contributed by atoms with E-state index in [1.165, 1.54) is 11.1 Å². The van der Waals surface area contributed by atoms with Crippen LogP contribution in [0, 0.1) is 0 Å². The SMILES string of the molecule is NCCC[C@H](N)C(=O)O.NCCc1ccccc1.O=C(O)Cc1ccccc1.O=Cc1ccc(-c2ccccc2)cc1. The molecular weight excluding hydrogens is 530 g/mol. The van der Waals surface area contributed by atoms with Crippen LogP contribution < -0.4 is 17.2 Å². The Morgan fingerprint density at radius 2 is 1.14 bits per heavy atom. The van der Waals surface area contributed by atoms with E-state index in [-0.39, 0.29) is 6.42 Å². The lowest BCUT2D eigenvalue weighted by atomic mass is 10.0. The maximum absolute atomic E-state index is 10.5. The molecule has 1 atom stereocenters. The van der Waals surface area contributed by atoms with E-state index in [1.807, 2.05) is 78.9 Å². The number of carboxylic acid groups (broad SMARTS) is 2. The van der Waals surface area contributed by atoms with Crippen LogP contribution in [-0.4, -0.2) is 47.6 Å². The summed E-state index contributed by atoms with van der Waals surface area (Å²) in [7, 11) is 0. The van der Waals surface area contributed by atoms with Crippen molar-refractivity contribution in [1.29, 1.82) is 0 Å². The Bertz CT molecular complexity index is 1270. The van der Waals surface area contributed by atoms with Gasteiger partial charge in [0.25, 0.3) is 0 Å². The van der Waals surface area contributed by atoms with E-state index in [9.17, 15) is 14.4 Å². The number of carboxylic acids is 2. The average molecular weight is 572 g/mol. The third kappa shape index (κ3) is 16.5. The second-order valence-corrected chi connectivity index (χ2v) is 9.06. The Morgan fingerprint density at radius 1 is 0.667 bits per heavy atom. The maximum atomic E-state index is 10.5. The second-order valence-electron chi connectivity index (χ2n) is 9.06. The van der Waals surface area contributed by atoms with Gasteiger partial charge >= 0.3 is 11.9 Å². The molecule has 0 amide bonds. The van der Waals surface area contributed by atoms with E-state index in [0.29, 0.717) is 24.9 Å². The predicted molar refractivity (Wildman–Crippen MR) is 168 cm³/mol. The van der Waals surface area contributed by atoms with E-state index >= 15 is 0 Å². The number of aldehydes is 1. The van der Waals surface area contributed by atoms with Crippen molar-refractivity contribution in [2.75, 3.05) is 13.1 Å². The van der Waals surface area contributed by atoms with Gasteiger partial charge < -0.3 is 27.4 Å². The normalized spacial score (nSPS) is 10.3. The quantitative estimate of drug-likeness (QED) is 0.169. The van der Waals surface area contributed by atoms with Crippen molar-refractivity contribution in [1.82, 2.24) is 0 Å². The Labute approximate surface area is 247 Å². The Hall–Kier alpha value is -4.63. The van der Waals surface area contributed by atoms with E-state index in [0.717, 1.165) is 30.4 Å². The van der Waals surface area contributed by atoms with E-state index in [1.54, 1.807) is 12.1 Å². The summed E-state index contributed by atoms with van der Waals surface area (Å²) < 4.78 is 0. The molecule has 0 saturated heterocycles. The number of hydrogen-bond acceptors (Lipinski definition) is 6. The highest BCUT2D eigenvalue weighted by atomic mass is 16.4. The van der Waals surface area contributed by atoms with Gasteiger partial charge in [-0.15, -0.1) is 0 Å². The van der Waals surface area contributed by atoms with Crippen LogP contribution in [0.5, 0.6) is 0 Å². The van der Waals surface area contributed by atoms with Gasteiger partial charge in [-0.25, -0.2) is 0 Å². The molecule has 0 aromatic heterocycles. The number of benzene rings is 4. The highest BCUT2D eigenvalue weighted by Crippen LogP contribution is 2.18. The van der Waals surface area contributed by atoms with Gasteiger partial charge in [-0.1, -0.05) is 115 Å². The molecule has 0 saturated carbocycles. The highest BCUT2D eigenvalue weighted by Gasteiger charge is 2.08. The monoisotopic (exact) mass is 571 g/mol. The lowest BCUT2D eigenvalue weighted by Gasteiger charge is -2.02. The van der Waals surface area contributed by atoms with E-state index in [4.69, 9.17) is 27.4 Å². The molecule has 4 aromatic carbocycles. The van der Waals surface area contributed by atoms with Crippen molar-refractivity contribution in [2.24, 2.45) is 17.2 Å². The fourth-order valence-corrected chi connectivity index (χ4v) is 3.43. The molecule has 8 heteroatoms. The van der Waals surface area contributed by atoms with E-state index in [2.05, 4.69) is 24.3 Å². The van der Waals surface area contributed by atoms with Crippen LogP contribution >= 0.6 is 0 Å². The molecule has 0 spiro atoms. The summed E-state index contributed by atoms with van der Waals surface area (Å²) in [5.74, 6) is -1.74. The number of hydrogen-bond donors (Lipinski definition) is 5. The first-order valence-electron chi connectivity index (χ1n) is 13.6. The molecule has 0 aliphatic carbocycles. The molecule has 0 aliphatic rings. The molecule has 4 aromatic rings. The first kappa shape index (κ1) is 35.4. The van der Waals surface area contributed by atoms with Crippen molar-refractivity contribution >= 4 is 18.2 Å². The standard InChI is InChI=1S/C13H10O.C8H11N.C8H8O2.C5H12N2O2/c14-10-11-6-8-13(9-7-11)12-4-2-1-3-5-12;9-7-6-8-4-2-1-3-5-8;9-8(10)6-7-4-2-1-3-5-7;6-3-1-2-4(7)5(8)9/h1-10H;1-5H,6-7,9H2;1-5H,6H2,(H,9,10);4H,1-3,6-7H2,(H,8,9)/t;;;4-/m...0/s1. The molecule has 0 radical (unpaired) electrons. The summed E-state index contributed by atoms with van der Waals surface area (Å²) in [4.78, 5) is 30.7. The molecule has 0 unspecified atom stereocenters. The lowest BCUT2D eigenvalue weighted by molar-refractivity contribution is -0.139. The van der Waals surface area contributed by atoms with Crippen LogP contribution in [0.2, 0.25) is 0 Å². The fraction of sp³-hybridized carbons (Fsp3) is 0.206. The molecule has 8 N–H and O–H groups in total. The van der Waals surface area contributed by atoms with Crippen LogP contribution in [0.25, 0.3) is 11.1 Å². The summed E-state index contributed by atoms with van der Waals surface area (Å²) in [5, 5.41) is 16.6. The minimum absolute atomic E-state index is 0.112. The molecule has 4 rings (SSSR count). The highest BCUT2D eigenvalue weighted by molar-refractivity contribution is 5.77. The smallest absolute Gasteiger partial charge is 0.320 e. The molecule has 0 heterocycles. The second kappa shape index (κ2) is 22.1. The molecule has 0 bridgehead atoms. The van der Waals surface area contributed by atoms with Gasteiger partial charge in [0.05, 0.1) is 6.42 Å². The van der Waals surface area contributed by atoms with Crippen molar-refractivity contribution in [3.63, 3.8) is 0 Å². The number of rotatable bonds is 10. The largest absolute Gasteiger partial charge is 0.481 e.